The van der Waals surface area contributed by atoms with Gasteiger partial charge in [-0.25, -0.2) is 8.42 Å². The molecule has 1 heterocycles. The Bertz CT molecular complexity index is 577. The molecule has 1 N–H and O–H groups in total. The number of halogens is 1. The number of morpholine rings is 1. The maximum atomic E-state index is 12.6. The lowest BCUT2D eigenvalue weighted by Gasteiger charge is -2.33. The number of methoxy groups -OCH3 is 1. The summed E-state index contributed by atoms with van der Waals surface area (Å²) in [5.41, 5.74) is 0. The Labute approximate surface area is 126 Å². The maximum absolute atomic E-state index is 12.6. The highest BCUT2D eigenvalue weighted by Crippen LogP contribution is 2.29. The summed E-state index contributed by atoms with van der Waals surface area (Å²) < 4.78 is 37.3. The highest BCUT2D eigenvalue weighted by atomic mass is 79.9. The van der Waals surface area contributed by atoms with E-state index in [1.54, 1.807) is 6.07 Å². The first-order valence-electron chi connectivity index (χ1n) is 6.04. The van der Waals surface area contributed by atoms with Gasteiger partial charge in [0.2, 0.25) is 10.0 Å². The van der Waals surface area contributed by atoms with Crippen LogP contribution in [0.1, 0.15) is 0 Å². The second-order valence-corrected chi connectivity index (χ2v) is 7.07. The van der Waals surface area contributed by atoms with Crippen molar-refractivity contribution in [1.82, 2.24) is 4.31 Å². The van der Waals surface area contributed by atoms with E-state index >= 15 is 0 Å². The van der Waals surface area contributed by atoms with Gasteiger partial charge in [0.25, 0.3) is 0 Å². The Hall–Kier alpha value is -0.670. The summed E-state index contributed by atoms with van der Waals surface area (Å²) in [4.78, 5) is 0.158. The van der Waals surface area contributed by atoms with Crippen molar-refractivity contribution in [3.05, 3.63) is 22.7 Å². The number of sulfonamides is 1. The van der Waals surface area contributed by atoms with Crippen LogP contribution in [0.15, 0.2) is 27.6 Å². The molecule has 112 valence electrons. The van der Waals surface area contributed by atoms with Gasteiger partial charge in [-0.2, -0.15) is 4.31 Å². The number of hydrogen-bond acceptors (Lipinski definition) is 5. The zero-order valence-electron chi connectivity index (χ0n) is 11.0. The van der Waals surface area contributed by atoms with E-state index in [0.29, 0.717) is 16.8 Å². The fourth-order valence-corrected chi connectivity index (χ4v) is 4.35. The van der Waals surface area contributed by atoms with Gasteiger partial charge >= 0.3 is 0 Å². The summed E-state index contributed by atoms with van der Waals surface area (Å²) in [7, 11) is -2.15. The first-order valence-corrected chi connectivity index (χ1v) is 8.28. The first kappa shape index (κ1) is 15.7. The van der Waals surface area contributed by atoms with Crippen molar-refractivity contribution in [1.29, 1.82) is 0 Å². The van der Waals surface area contributed by atoms with Gasteiger partial charge in [0.15, 0.2) is 0 Å². The smallest absolute Gasteiger partial charge is 0.243 e. The lowest BCUT2D eigenvalue weighted by molar-refractivity contribution is 0.0109. The zero-order chi connectivity index (χ0) is 14.8. The Balaban J connectivity index is 2.36. The average molecular weight is 366 g/mol. The third-order valence-electron chi connectivity index (χ3n) is 3.11. The van der Waals surface area contributed by atoms with Crippen LogP contribution in [0, 0.1) is 0 Å². The lowest BCUT2D eigenvalue weighted by atomic mass is 10.3. The van der Waals surface area contributed by atoms with Crippen molar-refractivity contribution in [3.8, 4) is 5.75 Å². The number of benzene rings is 1. The van der Waals surface area contributed by atoms with Gasteiger partial charge in [-0.3, -0.25) is 0 Å². The van der Waals surface area contributed by atoms with Crippen LogP contribution in [-0.4, -0.2) is 57.3 Å². The topological polar surface area (TPSA) is 76.1 Å². The van der Waals surface area contributed by atoms with Crippen molar-refractivity contribution in [2.45, 2.75) is 10.9 Å². The molecular weight excluding hydrogens is 350 g/mol. The molecule has 2 rings (SSSR count). The largest absolute Gasteiger partial charge is 0.496 e. The van der Waals surface area contributed by atoms with Crippen LogP contribution < -0.4 is 4.74 Å². The molecule has 0 saturated carbocycles. The first-order chi connectivity index (χ1) is 9.50. The summed E-state index contributed by atoms with van der Waals surface area (Å²) >= 11 is 3.27. The highest BCUT2D eigenvalue weighted by Gasteiger charge is 2.33. The second kappa shape index (κ2) is 6.40. The maximum Gasteiger partial charge on any atom is 0.243 e. The highest BCUT2D eigenvalue weighted by molar-refractivity contribution is 9.10. The fourth-order valence-electron chi connectivity index (χ4n) is 2.04. The molecule has 1 fully saturated rings. The molecule has 6 nitrogen and oxygen atoms in total. The molecule has 1 saturated heterocycles. The van der Waals surface area contributed by atoms with E-state index in [2.05, 4.69) is 15.9 Å². The molecule has 0 aliphatic carbocycles. The van der Waals surface area contributed by atoms with Gasteiger partial charge in [-0.05, 0) is 34.1 Å². The Kier molecular flexibility index (Phi) is 5.03. The van der Waals surface area contributed by atoms with Gasteiger partial charge < -0.3 is 14.6 Å². The summed E-state index contributed by atoms with van der Waals surface area (Å²) in [6.07, 6.45) is 0. The van der Waals surface area contributed by atoms with E-state index in [1.165, 1.54) is 23.5 Å². The van der Waals surface area contributed by atoms with E-state index in [1.807, 2.05) is 0 Å². The number of hydrogen-bond donors (Lipinski definition) is 1. The Morgan fingerprint density at radius 1 is 1.55 bits per heavy atom. The van der Waals surface area contributed by atoms with Gasteiger partial charge in [0, 0.05) is 6.54 Å². The summed E-state index contributed by atoms with van der Waals surface area (Å²) in [6.45, 7) is 0.494. The Morgan fingerprint density at radius 3 is 2.90 bits per heavy atom. The minimum Gasteiger partial charge on any atom is -0.496 e. The molecule has 8 heteroatoms. The van der Waals surface area contributed by atoms with Gasteiger partial charge in [0.05, 0.1) is 42.3 Å². The molecule has 0 radical (unpaired) electrons. The van der Waals surface area contributed by atoms with Crippen LogP contribution in [0.5, 0.6) is 5.75 Å². The van der Waals surface area contributed by atoms with E-state index in [-0.39, 0.29) is 24.7 Å². The summed E-state index contributed by atoms with van der Waals surface area (Å²) in [5.74, 6) is 0.560. The van der Waals surface area contributed by atoms with Crippen molar-refractivity contribution >= 4 is 26.0 Å². The van der Waals surface area contributed by atoms with Crippen LogP contribution in [0.3, 0.4) is 0 Å². The van der Waals surface area contributed by atoms with Crippen LogP contribution in [0.4, 0.5) is 0 Å². The molecule has 0 bridgehead atoms. The quantitative estimate of drug-likeness (QED) is 0.855. The second-order valence-electron chi connectivity index (χ2n) is 4.32. The average Bonchev–Trinajstić information content (AvgIpc) is 2.47. The van der Waals surface area contributed by atoms with E-state index < -0.39 is 16.1 Å². The number of aliphatic hydroxyl groups is 1. The minimum atomic E-state index is -3.66. The predicted molar refractivity (Wildman–Crippen MR) is 76.3 cm³/mol. The molecule has 1 aromatic rings. The van der Waals surface area contributed by atoms with Gasteiger partial charge in [-0.15, -0.1) is 0 Å². The van der Waals surface area contributed by atoms with Crippen molar-refractivity contribution < 1.29 is 23.0 Å². The van der Waals surface area contributed by atoms with E-state index in [0.717, 1.165) is 0 Å². The van der Waals surface area contributed by atoms with Crippen LogP contribution in [-0.2, 0) is 14.8 Å². The van der Waals surface area contributed by atoms with Gasteiger partial charge in [-0.1, -0.05) is 0 Å². The fraction of sp³-hybridized carbons (Fsp3) is 0.500. The molecule has 1 aliphatic rings. The van der Waals surface area contributed by atoms with Crippen molar-refractivity contribution in [2.24, 2.45) is 0 Å². The lowest BCUT2D eigenvalue weighted by Crippen LogP contribution is -2.50. The molecule has 0 aromatic heterocycles. The molecule has 0 amide bonds. The number of aliphatic hydroxyl groups excluding tert-OH is 1. The van der Waals surface area contributed by atoms with Crippen LogP contribution >= 0.6 is 15.9 Å². The van der Waals surface area contributed by atoms with Crippen LogP contribution in [0.2, 0.25) is 0 Å². The Morgan fingerprint density at radius 2 is 2.30 bits per heavy atom. The molecule has 1 aliphatic heterocycles. The van der Waals surface area contributed by atoms with Crippen molar-refractivity contribution in [3.63, 3.8) is 0 Å². The predicted octanol–water partition coefficient (Wildman–Crippen LogP) is 0.839. The SMILES string of the molecule is COc1ccc(S(=O)(=O)N2CCOCC2CO)cc1Br. The van der Waals surface area contributed by atoms with E-state index in [9.17, 15) is 13.5 Å². The number of ether oxygens (including phenoxy) is 2. The molecule has 1 aromatic carbocycles. The standard InChI is InChI=1S/C12H16BrNO5S/c1-18-12-3-2-10(6-11(12)13)20(16,17)14-4-5-19-8-9(14)7-15/h2-3,6,9,15H,4-5,7-8H2,1H3. The zero-order valence-corrected chi connectivity index (χ0v) is 13.4. The minimum absolute atomic E-state index is 0.158. The monoisotopic (exact) mass is 365 g/mol. The van der Waals surface area contributed by atoms with Crippen molar-refractivity contribution in [2.75, 3.05) is 33.5 Å². The van der Waals surface area contributed by atoms with Gasteiger partial charge in [0.1, 0.15) is 5.75 Å². The molecule has 20 heavy (non-hydrogen) atoms. The number of rotatable bonds is 4. The number of nitrogens with zero attached hydrogens (tertiary/aromatic N) is 1. The van der Waals surface area contributed by atoms with Crippen LogP contribution in [0.25, 0.3) is 0 Å². The third kappa shape index (κ3) is 2.99. The summed E-state index contributed by atoms with van der Waals surface area (Å²) in [5, 5.41) is 9.29. The molecule has 0 spiro atoms. The summed E-state index contributed by atoms with van der Waals surface area (Å²) in [6, 6.07) is 4.03. The molecule has 1 atom stereocenters. The van der Waals surface area contributed by atoms with E-state index in [4.69, 9.17) is 9.47 Å². The third-order valence-corrected chi connectivity index (χ3v) is 5.68. The molecular formula is C12H16BrNO5S. The normalized spacial score (nSPS) is 20.9. The molecule has 1 unspecified atom stereocenters.